The first-order valence-electron chi connectivity index (χ1n) is 6.67. The van der Waals surface area contributed by atoms with Gasteiger partial charge in [-0.3, -0.25) is 4.57 Å². The molecule has 4 nitrogen and oxygen atoms in total. The first kappa shape index (κ1) is 12.5. The lowest BCUT2D eigenvalue weighted by Gasteiger charge is -2.36. The zero-order valence-corrected chi connectivity index (χ0v) is 11.7. The predicted octanol–water partition coefficient (Wildman–Crippen LogP) is 3.30. The summed E-state index contributed by atoms with van der Waals surface area (Å²) < 4.78 is 1.86. The van der Waals surface area contributed by atoms with Crippen molar-refractivity contribution in [1.82, 2.24) is 14.8 Å². The Morgan fingerprint density at radius 1 is 1.21 bits per heavy atom. The summed E-state index contributed by atoms with van der Waals surface area (Å²) in [6, 6.07) is 6.69. The third-order valence-corrected chi connectivity index (χ3v) is 4.06. The third-order valence-electron chi connectivity index (χ3n) is 3.76. The quantitative estimate of drug-likeness (QED) is 0.844. The maximum atomic E-state index is 6.45. The van der Waals surface area contributed by atoms with Crippen molar-refractivity contribution in [2.24, 2.45) is 0 Å². The van der Waals surface area contributed by atoms with Gasteiger partial charge >= 0.3 is 0 Å². The highest BCUT2D eigenvalue weighted by Gasteiger charge is 2.20. The molecule has 1 aromatic heterocycles. The van der Waals surface area contributed by atoms with E-state index in [1.807, 2.05) is 10.6 Å². The fourth-order valence-corrected chi connectivity index (χ4v) is 2.96. The minimum Gasteiger partial charge on any atom is -0.368 e. The van der Waals surface area contributed by atoms with Crippen LogP contribution in [-0.2, 0) is 0 Å². The highest BCUT2D eigenvalue weighted by atomic mass is 35.5. The van der Waals surface area contributed by atoms with Crippen molar-refractivity contribution in [3.63, 3.8) is 0 Å². The summed E-state index contributed by atoms with van der Waals surface area (Å²) in [6.45, 7) is 3.36. The number of rotatable bonds is 2. The van der Waals surface area contributed by atoms with Gasteiger partial charge in [-0.05, 0) is 44.4 Å². The van der Waals surface area contributed by atoms with E-state index in [4.69, 9.17) is 11.6 Å². The molecule has 1 aliphatic rings. The van der Waals surface area contributed by atoms with Gasteiger partial charge in [0.2, 0.25) is 0 Å². The Bertz CT molecular complexity index is 553. The highest BCUT2D eigenvalue weighted by molar-refractivity contribution is 6.33. The molecule has 0 bridgehead atoms. The van der Waals surface area contributed by atoms with Crippen LogP contribution in [0.2, 0.25) is 5.02 Å². The average molecular weight is 277 g/mol. The molecule has 0 saturated carbocycles. The summed E-state index contributed by atoms with van der Waals surface area (Å²) in [6.07, 6.45) is 7.15. The Kier molecular flexibility index (Phi) is 3.42. The second kappa shape index (κ2) is 5.21. The van der Waals surface area contributed by atoms with Crippen molar-refractivity contribution in [3.8, 4) is 5.69 Å². The monoisotopic (exact) mass is 276 g/mol. The minimum atomic E-state index is 0.562. The molecule has 1 saturated heterocycles. The van der Waals surface area contributed by atoms with E-state index < -0.39 is 0 Å². The Morgan fingerprint density at radius 3 is 2.68 bits per heavy atom. The molecular weight excluding hydrogens is 260 g/mol. The maximum absolute atomic E-state index is 6.45. The lowest BCUT2D eigenvalue weighted by atomic mass is 10.0. The van der Waals surface area contributed by atoms with E-state index in [0.29, 0.717) is 6.04 Å². The standard InChI is InChI=1S/C14H17ClN4/c1-11-4-2-3-7-19(11)14-6-5-12(8-13(14)15)18-9-16-17-10-18/h5-6,8-11H,2-4,7H2,1H3/t11-/m1/s1. The smallest absolute Gasteiger partial charge is 0.123 e. The van der Waals surface area contributed by atoms with Gasteiger partial charge in [0.15, 0.2) is 0 Å². The molecule has 0 unspecified atom stereocenters. The molecular formula is C14H17ClN4. The molecule has 1 aliphatic heterocycles. The minimum absolute atomic E-state index is 0.562. The van der Waals surface area contributed by atoms with Crippen molar-refractivity contribution in [2.75, 3.05) is 11.4 Å². The number of benzene rings is 1. The number of anilines is 1. The van der Waals surface area contributed by atoms with Gasteiger partial charge in [0.25, 0.3) is 0 Å². The van der Waals surface area contributed by atoms with Gasteiger partial charge in [-0.15, -0.1) is 10.2 Å². The van der Waals surface area contributed by atoms with E-state index in [9.17, 15) is 0 Å². The number of piperidine rings is 1. The van der Waals surface area contributed by atoms with E-state index in [0.717, 1.165) is 22.9 Å². The molecule has 1 fully saturated rings. The summed E-state index contributed by atoms with van der Waals surface area (Å²) in [4.78, 5) is 2.40. The van der Waals surface area contributed by atoms with E-state index >= 15 is 0 Å². The third kappa shape index (κ3) is 2.45. The van der Waals surface area contributed by atoms with Crippen LogP contribution in [0.4, 0.5) is 5.69 Å². The fourth-order valence-electron chi connectivity index (χ4n) is 2.68. The number of hydrogen-bond donors (Lipinski definition) is 0. The number of halogens is 1. The topological polar surface area (TPSA) is 34.0 Å². The van der Waals surface area contributed by atoms with Gasteiger partial charge in [0, 0.05) is 18.3 Å². The lowest BCUT2D eigenvalue weighted by Crippen LogP contribution is -2.37. The van der Waals surface area contributed by atoms with Crippen LogP contribution in [0.25, 0.3) is 5.69 Å². The number of nitrogens with zero attached hydrogens (tertiary/aromatic N) is 4. The van der Waals surface area contributed by atoms with Gasteiger partial charge in [0.05, 0.1) is 10.7 Å². The van der Waals surface area contributed by atoms with Gasteiger partial charge in [-0.2, -0.15) is 0 Å². The molecule has 19 heavy (non-hydrogen) atoms. The highest BCUT2D eigenvalue weighted by Crippen LogP contribution is 2.32. The Hall–Kier alpha value is -1.55. The van der Waals surface area contributed by atoms with Gasteiger partial charge in [-0.25, -0.2) is 0 Å². The first-order valence-corrected chi connectivity index (χ1v) is 7.05. The average Bonchev–Trinajstić information content (AvgIpc) is 2.94. The number of aromatic nitrogens is 3. The molecule has 0 amide bonds. The SMILES string of the molecule is C[C@@H]1CCCCN1c1ccc(-n2cnnc2)cc1Cl. The lowest BCUT2D eigenvalue weighted by molar-refractivity contribution is 0.485. The number of hydrogen-bond acceptors (Lipinski definition) is 3. The summed E-state index contributed by atoms with van der Waals surface area (Å²) in [5, 5.41) is 8.42. The largest absolute Gasteiger partial charge is 0.368 e. The maximum Gasteiger partial charge on any atom is 0.123 e. The fraction of sp³-hybridized carbons (Fsp3) is 0.429. The van der Waals surface area contributed by atoms with Crippen molar-refractivity contribution < 1.29 is 0 Å². The molecule has 2 heterocycles. The van der Waals surface area contributed by atoms with E-state index in [1.165, 1.54) is 19.3 Å². The molecule has 0 N–H and O–H groups in total. The van der Waals surface area contributed by atoms with Crippen LogP contribution in [0.1, 0.15) is 26.2 Å². The van der Waals surface area contributed by atoms with Crippen LogP contribution in [0.5, 0.6) is 0 Å². The molecule has 100 valence electrons. The van der Waals surface area contributed by atoms with E-state index in [-0.39, 0.29) is 0 Å². The van der Waals surface area contributed by atoms with Gasteiger partial charge < -0.3 is 4.90 Å². The van der Waals surface area contributed by atoms with Crippen molar-refractivity contribution >= 4 is 17.3 Å². The normalized spacial score (nSPS) is 19.7. The Balaban J connectivity index is 1.91. The van der Waals surface area contributed by atoms with Crippen LogP contribution < -0.4 is 4.90 Å². The molecule has 0 spiro atoms. The first-order chi connectivity index (χ1) is 9.25. The molecule has 1 aromatic carbocycles. The predicted molar refractivity (Wildman–Crippen MR) is 77.0 cm³/mol. The van der Waals surface area contributed by atoms with Crippen LogP contribution in [0.15, 0.2) is 30.9 Å². The van der Waals surface area contributed by atoms with Crippen LogP contribution >= 0.6 is 11.6 Å². The second-order valence-corrected chi connectivity index (χ2v) is 5.45. The van der Waals surface area contributed by atoms with Crippen molar-refractivity contribution in [2.45, 2.75) is 32.2 Å². The zero-order chi connectivity index (χ0) is 13.2. The van der Waals surface area contributed by atoms with Gasteiger partial charge in [0.1, 0.15) is 12.7 Å². The summed E-state index contributed by atoms with van der Waals surface area (Å²) in [5.41, 5.74) is 2.12. The summed E-state index contributed by atoms with van der Waals surface area (Å²) >= 11 is 6.45. The Morgan fingerprint density at radius 2 is 2.00 bits per heavy atom. The van der Waals surface area contributed by atoms with Crippen LogP contribution in [-0.4, -0.2) is 27.4 Å². The summed E-state index contributed by atoms with van der Waals surface area (Å²) in [5.74, 6) is 0. The second-order valence-electron chi connectivity index (χ2n) is 5.04. The molecule has 2 aromatic rings. The molecule has 1 atom stereocenters. The van der Waals surface area contributed by atoms with Crippen molar-refractivity contribution in [3.05, 3.63) is 35.9 Å². The summed E-state index contributed by atoms with van der Waals surface area (Å²) in [7, 11) is 0. The molecule has 5 heteroatoms. The van der Waals surface area contributed by atoms with E-state index in [2.05, 4.69) is 34.2 Å². The van der Waals surface area contributed by atoms with Crippen LogP contribution in [0.3, 0.4) is 0 Å². The molecule has 0 aliphatic carbocycles. The van der Waals surface area contributed by atoms with Crippen LogP contribution in [0, 0.1) is 0 Å². The molecule has 0 radical (unpaired) electrons. The molecule has 3 rings (SSSR count). The zero-order valence-electron chi connectivity index (χ0n) is 11.0. The van der Waals surface area contributed by atoms with Crippen molar-refractivity contribution in [1.29, 1.82) is 0 Å². The Labute approximate surface area is 118 Å². The van der Waals surface area contributed by atoms with E-state index in [1.54, 1.807) is 12.7 Å². The van der Waals surface area contributed by atoms with Gasteiger partial charge in [-0.1, -0.05) is 11.6 Å².